The molecule has 0 aliphatic carbocycles. The van der Waals surface area contributed by atoms with Gasteiger partial charge in [-0.3, -0.25) is 0 Å². The fraction of sp³-hybridized carbons (Fsp3) is 0.625. The molecule has 0 saturated carbocycles. The molecule has 1 fully saturated rings. The zero-order chi connectivity index (χ0) is 7.90. The fourth-order valence-electron chi connectivity index (χ4n) is 1.19. The first kappa shape index (κ1) is 7.25. The molecule has 0 amide bonds. The van der Waals surface area contributed by atoms with Gasteiger partial charge < -0.3 is 4.74 Å². The second-order valence-corrected chi connectivity index (χ2v) is 4.53. The molecule has 0 unspecified atom stereocenters. The summed E-state index contributed by atoms with van der Waals surface area (Å²) in [6.07, 6.45) is 1.97. The second kappa shape index (κ2) is 2.29. The van der Waals surface area contributed by atoms with Crippen LogP contribution in [0, 0.1) is 6.92 Å². The van der Waals surface area contributed by atoms with Crippen molar-refractivity contribution in [1.29, 1.82) is 0 Å². The Hall–Kier alpha value is -0.410. The molecule has 0 bridgehead atoms. The van der Waals surface area contributed by atoms with E-state index in [0.717, 1.165) is 18.2 Å². The SMILES string of the molecule is Cc1ncc(C2(C)COC2)s1. The number of hydrogen-bond acceptors (Lipinski definition) is 3. The van der Waals surface area contributed by atoms with Crippen LogP contribution in [0.3, 0.4) is 0 Å². The topological polar surface area (TPSA) is 22.1 Å². The summed E-state index contributed by atoms with van der Waals surface area (Å²) in [6.45, 7) is 5.98. The van der Waals surface area contributed by atoms with Gasteiger partial charge in [0.15, 0.2) is 0 Å². The number of thiazole rings is 1. The van der Waals surface area contributed by atoms with Crippen molar-refractivity contribution in [2.75, 3.05) is 13.2 Å². The predicted molar refractivity (Wildman–Crippen MR) is 45.0 cm³/mol. The average molecular weight is 169 g/mol. The highest BCUT2D eigenvalue weighted by atomic mass is 32.1. The predicted octanol–water partition coefficient (Wildman–Crippen LogP) is 1.74. The van der Waals surface area contributed by atoms with Gasteiger partial charge in [-0.25, -0.2) is 4.98 Å². The van der Waals surface area contributed by atoms with Gasteiger partial charge in [0, 0.05) is 11.1 Å². The van der Waals surface area contributed by atoms with E-state index in [0.29, 0.717) is 0 Å². The quantitative estimate of drug-likeness (QED) is 0.639. The third-order valence-corrected chi connectivity index (χ3v) is 3.28. The van der Waals surface area contributed by atoms with Gasteiger partial charge in [-0.1, -0.05) is 6.92 Å². The maximum atomic E-state index is 5.18. The van der Waals surface area contributed by atoms with Crippen LogP contribution in [-0.2, 0) is 10.2 Å². The molecule has 0 spiro atoms. The second-order valence-electron chi connectivity index (χ2n) is 3.30. The molecule has 0 aromatic carbocycles. The van der Waals surface area contributed by atoms with Crippen LogP contribution in [0.15, 0.2) is 6.20 Å². The van der Waals surface area contributed by atoms with Gasteiger partial charge >= 0.3 is 0 Å². The van der Waals surface area contributed by atoms with Crippen LogP contribution in [0.4, 0.5) is 0 Å². The van der Waals surface area contributed by atoms with Crippen molar-refractivity contribution < 1.29 is 4.74 Å². The maximum absolute atomic E-state index is 5.18. The molecule has 0 radical (unpaired) electrons. The van der Waals surface area contributed by atoms with Crippen LogP contribution in [0.25, 0.3) is 0 Å². The first-order chi connectivity index (χ1) is 5.21. The van der Waals surface area contributed by atoms with E-state index in [-0.39, 0.29) is 5.41 Å². The van der Waals surface area contributed by atoms with E-state index in [9.17, 15) is 0 Å². The van der Waals surface area contributed by atoms with E-state index < -0.39 is 0 Å². The molecule has 60 valence electrons. The molecule has 1 aromatic rings. The molecule has 2 nitrogen and oxygen atoms in total. The van der Waals surface area contributed by atoms with Crippen molar-refractivity contribution in [3.05, 3.63) is 16.1 Å². The monoisotopic (exact) mass is 169 g/mol. The van der Waals surface area contributed by atoms with Gasteiger partial charge in [0.2, 0.25) is 0 Å². The zero-order valence-corrected chi connectivity index (χ0v) is 7.57. The highest BCUT2D eigenvalue weighted by Gasteiger charge is 2.36. The Bertz CT molecular complexity index is 265. The highest BCUT2D eigenvalue weighted by Crippen LogP contribution is 2.34. The Labute approximate surface area is 70.2 Å². The standard InChI is InChI=1S/C8H11NOS/c1-6-9-3-7(11-6)8(2)4-10-5-8/h3H,4-5H2,1-2H3. The van der Waals surface area contributed by atoms with Crippen molar-refractivity contribution in [2.45, 2.75) is 19.3 Å². The number of ether oxygens (including phenoxy) is 1. The first-order valence-corrected chi connectivity index (χ1v) is 4.53. The number of aryl methyl sites for hydroxylation is 1. The lowest BCUT2D eigenvalue weighted by Crippen LogP contribution is -2.43. The number of nitrogens with zero attached hydrogens (tertiary/aromatic N) is 1. The highest BCUT2D eigenvalue weighted by molar-refractivity contribution is 7.11. The van der Waals surface area contributed by atoms with Crippen molar-refractivity contribution in [2.24, 2.45) is 0 Å². The van der Waals surface area contributed by atoms with E-state index in [1.54, 1.807) is 11.3 Å². The van der Waals surface area contributed by atoms with E-state index >= 15 is 0 Å². The van der Waals surface area contributed by atoms with Gasteiger partial charge in [0.1, 0.15) is 0 Å². The molecular formula is C8H11NOS. The van der Waals surface area contributed by atoms with Gasteiger partial charge in [0.05, 0.1) is 23.6 Å². The maximum Gasteiger partial charge on any atom is 0.0896 e. The smallest absolute Gasteiger partial charge is 0.0896 e. The Morgan fingerprint density at radius 1 is 1.64 bits per heavy atom. The minimum atomic E-state index is 0.270. The van der Waals surface area contributed by atoms with Crippen LogP contribution in [0.1, 0.15) is 16.8 Å². The molecule has 0 atom stereocenters. The molecule has 1 saturated heterocycles. The molecule has 2 heterocycles. The molecule has 2 rings (SSSR count). The average Bonchev–Trinajstić information content (AvgIpc) is 2.31. The van der Waals surface area contributed by atoms with Crippen molar-refractivity contribution in [3.8, 4) is 0 Å². The summed E-state index contributed by atoms with van der Waals surface area (Å²) in [4.78, 5) is 5.59. The lowest BCUT2D eigenvalue weighted by Gasteiger charge is -2.36. The molecule has 1 aliphatic heterocycles. The first-order valence-electron chi connectivity index (χ1n) is 3.71. The molecule has 0 N–H and O–H groups in total. The normalized spacial score (nSPS) is 21.3. The summed E-state index contributed by atoms with van der Waals surface area (Å²) in [5.41, 5.74) is 0.270. The van der Waals surface area contributed by atoms with Crippen molar-refractivity contribution in [3.63, 3.8) is 0 Å². The van der Waals surface area contributed by atoms with E-state index in [2.05, 4.69) is 11.9 Å². The Morgan fingerprint density at radius 3 is 2.73 bits per heavy atom. The van der Waals surface area contributed by atoms with Crippen LogP contribution >= 0.6 is 11.3 Å². The largest absolute Gasteiger partial charge is 0.379 e. The third-order valence-electron chi connectivity index (χ3n) is 2.06. The third kappa shape index (κ3) is 1.08. The summed E-state index contributed by atoms with van der Waals surface area (Å²) in [6, 6.07) is 0. The van der Waals surface area contributed by atoms with Gasteiger partial charge in [-0.2, -0.15) is 0 Å². The summed E-state index contributed by atoms with van der Waals surface area (Å²) >= 11 is 1.78. The van der Waals surface area contributed by atoms with Crippen LogP contribution in [0.5, 0.6) is 0 Å². The molecule has 3 heteroatoms. The lowest BCUT2D eigenvalue weighted by atomic mass is 9.88. The molecule has 1 aromatic heterocycles. The molecule has 11 heavy (non-hydrogen) atoms. The number of aromatic nitrogens is 1. The van der Waals surface area contributed by atoms with Gasteiger partial charge in [-0.05, 0) is 6.92 Å². The zero-order valence-electron chi connectivity index (χ0n) is 6.76. The van der Waals surface area contributed by atoms with Crippen LogP contribution < -0.4 is 0 Å². The molecular weight excluding hydrogens is 158 g/mol. The summed E-state index contributed by atoms with van der Waals surface area (Å²) in [5, 5.41) is 1.15. The van der Waals surface area contributed by atoms with Gasteiger partial charge in [-0.15, -0.1) is 11.3 Å². The number of rotatable bonds is 1. The van der Waals surface area contributed by atoms with Crippen LogP contribution in [0.2, 0.25) is 0 Å². The Morgan fingerprint density at radius 2 is 2.36 bits per heavy atom. The van der Waals surface area contributed by atoms with E-state index in [1.165, 1.54) is 4.88 Å². The fourth-order valence-corrected chi connectivity index (χ4v) is 2.08. The summed E-state index contributed by atoms with van der Waals surface area (Å²) < 4.78 is 5.18. The van der Waals surface area contributed by atoms with E-state index in [1.807, 2.05) is 13.1 Å². The molecule has 1 aliphatic rings. The number of hydrogen-bond donors (Lipinski definition) is 0. The van der Waals surface area contributed by atoms with Crippen molar-refractivity contribution in [1.82, 2.24) is 4.98 Å². The summed E-state index contributed by atoms with van der Waals surface area (Å²) in [7, 11) is 0. The van der Waals surface area contributed by atoms with E-state index in [4.69, 9.17) is 4.74 Å². The minimum Gasteiger partial charge on any atom is -0.379 e. The van der Waals surface area contributed by atoms with Crippen molar-refractivity contribution >= 4 is 11.3 Å². The Balaban J connectivity index is 2.28. The lowest BCUT2D eigenvalue weighted by molar-refractivity contribution is -0.0482. The Kier molecular flexibility index (Phi) is 1.51. The minimum absolute atomic E-state index is 0.270. The van der Waals surface area contributed by atoms with Gasteiger partial charge in [0.25, 0.3) is 0 Å². The summed E-state index contributed by atoms with van der Waals surface area (Å²) in [5.74, 6) is 0. The van der Waals surface area contributed by atoms with Crippen LogP contribution in [-0.4, -0.2) is 18.2 Å².